The van der Waals surface area contributed by atoms with E-state index in [2.05, 4.69) is 19.2 Å². The molecule has 0 aromatic rings. The first kappa shape index (κ1) is 16.8. The molecule has 0 aliphatic rings. The van der Waals surface area contributed by atoms with Crippen molar-refractivity contribution in [2.75, 3.05) is 33.5 Å². The van der Waals surface area contributed by atoms with E-state index in [9.17, 15) is 5.11 Å². The Balaban J connectivity index is 3.31. The lowest BCUT2D eigenvalue weighted by molar-refractivity contribution is 0.0321. The minimum atomic E-state index is -0.437. The van der Waals surface area contributed by atoms with Gasteiger partial charge in [-0.2, -0.15) is 0 Å². The molecule has 2 unspecified atom stereocenters. The Morgan fingerprint density at radius 3 is 2.47 bits per heavy atom. The molecule has 17 heavy (non-hydrogen) atoms. The molecule has 0 rings (SSSR count). The molecule has 0 saturated heterocycles. The van der Waals surface area contributed by atoms with E-state index in [1.54, 1.807) is 7.11 Å². The highest BCUT2D eigenvalue weighted by atomic mass is 16.5. The van der Waals surface area contributed by atoms with Gasteiger partial charge < -0.3 is 19.9 Å². The van der Waals surface area contributed by atoms with Crippen LogP contribution in [0.1, 0.15) is 33.6 Å². The van der Waals surface area contributed by atoms with Crippen LogP contribution in [-0.2, 0) is 9.47 Å². The number of hydrogen-bond donors (Lipinski definition) is 2. The molecule has 0 spiro atoms. The van der Waals surface area contributed by atoms with Gasteiger partial charge in [0.25, 0.3) is 0 Å². The second kappa shape index (κ2) is 11.0. The van der Waals surface area contributed by atoms with Gasteiger partial charge in [-0.25, -0.2) is 0 Å². The van der Waals surface area contributed by atoms with Crippen molar-refractivity contribution in [2.24, 2.45) is 5.92 Å². The Kier molecular flexibility index (Phi) is 10.9. The second-order valence-corrected chi connectivity index (χ2v) is 5.03. The van der Waals surface area contributed by atoms with Crippen molar-refractivity contribution in [1.29, 1.82) is 0 Å². The smallest absolute Gasteiger partial charge is 0.0897 e. The van der Waals surface area contributed by atoms with Crippen LogP contribution in [0.2, 0.25) is 0 Å². The average molecular weight is 247 g/mol. The Hall–Kier alpha value is -0.160. The third kappa shape index (κ3) is 12.1. The van der Waals surface area contributed by atoms with Crippen LogP contribution < -0.4 is 5.32 Å². The largest absolute Gasteiger partial charge is 0.389 e. The van der Waals surface area contributed by atoms with E-state index >= 15 is 0 Å². The average Bonchev–Trinajstić information content (AvgIpc) is 2.26. The van der Waals surface area contributed by atoms with Crippen LogP contribution in [0.15, 0.2) is 0 Å². The maximum Gasteiger partial charge on any atom is 0.0897 e. The van der Waals surface area contributed by atoms with E-state index in [0.717, 1.165) is 18.9 Å². The molecule has 0 heterocycles. The predicted octanol–water partition coefficient (Wildman–Crippen LogP) is 1.42. The molecule has 0 fully saturated rings. The van der Waals surface area contributed by atoms with Gasteiger partial charge >= 0.3 is 0 Å². The van der Waals surface area contributed by atoms with E-state index in [1.165, 1.54) is 6.42 Å². The molecule has 2 atom stereocenters. The molecule has 0 aliphatic carbocycles. The third-order valence-electron chi connectivity index (χ3n) is 2.50. The van der Waals surface area contributed by atoms with Gasteiger partial charge in [0.05, 0.1) is 19.3 Å². The topological polar surface area (TPSA) is 50.7 Å². The van der Waals surface area contributed by atoms with Crippen LogP contribution in [0.3, 0.4) is 0 Å². The molecule has 2 N–H and O–H groups in total. The standard InChI is InChI=1S/C13H29NO3/c1-11(2)6-5-7-17-10-13(15)8-14-12(3)9-16-4/h11-15H,5-10H2,1-4H3. The van der Waals surface area contributed by atoms with Crippen molar-refractivity contribution in [1.82, 2.24) is 5.32 Å². The molecule has 104 valence electrons. The summed E-state index contributed by atoms with van der Waals surface area (Å²) >= 11 is 0. The lowest BCUT2D eigenvalue weighted by Crippen LogP contribution is -2.38. The summed E-state index contributed by atoms with van der Waals surface area (Å²) < 4.78 is 10.4. The number of rotatable bonds is 11. The van der Waals surface area contributed by atoms with Gasteiger partial charge in [-0.05, 0) is 25.7 Å². The van der Waals surface area contributed by atoms with Crippen LogP contribution >= 0.6 is 0 Å². The van der Waals surface area contributed by atoms with Gasteiger partial charge in [0, 0.05) is 26.3 Å². The van der Waals surface area contributed by atoms with Gasteiger partial charge in [0.2, 0.25) is 0 Å². The molecule has 4 nitrogen and oxygen atoms in total. The van der Waals surface area contributed by atoms with Crippen LogP contribution in [0.4, 0.5) is 0 Å². The molecular formula is C13H29NO3. The normalized spacial score (nSPS) is 15.2. The summed E-state index contributed by atoms with van der Waals surface area (Å²) in [5.74, 6) is 0.722. The van der Waals surface area contributed by atoms with Crippen molar-refractivity contribution in [2.45, 2.75) is 45.8 Å². The van der Waals surface area contributed by atoms with Gasteiger partial charge in [0.15, 0.2) is 0 Å². The summed E-state index contributed by atoms with van der Waals surface area (Å²) in [5.41, 5.74) is 0. The minimum Gasteiger partial charge on any atom is -0.389 e. The minimum absolute atomic E-state index is 0.260. The lowest BCUT2D eigenvalue weighted by atomic mass is 10.1. The van der Waals surface area contributed by atoms with Gasteiger partial charge in [-0.3, -0.25) is 0 Å². The number of ether oxygens (including phenoxy) is 2. The van der Waals surface area contributed by atoms with E-state index in [1.807, 2.05) is 6.92 Å². The third-order valence-corrected chi connectivity index (χ3v) is 2.50. The summed E-state index contributed by atoms with van der Waals surface area (Å²) in [4.78, 5) is 0. The quantitative estimate of drug-likeness (QED) is 0.542. The maximum atomic E-state index is 9.65. The molecule has 0 aromatic carbocycles. The number of aliphatic hydroxyl groups excluding tert-OH is 1. The summed E-state index contributed by atoms with van der Waals surface area (Å²) in [6, 6.07) is 0.260. The first-order valence-electron chi connectivity index (χ1n) is 6.54. The summed E-state index contributed by atoms with van der Waals surface area (Å²) in [7, 11) is 1.67. The van der Waals surface area contributed by atoms with Gasteiger partial charge in [-0.1, -0.05) is 13.8 Å². The van der Waals surface area contributed by atoms with Crippen molar-refractivity contribution in [3.05, 3.63) is 0 Å². The number of hydrogen-bond acceptors (Lipinski definition) is 4. The predicted molar refractivity (Wildman–Crippen MR) is 70.2 cm³/mol. The zero-order valence-electron chi connectivity index (χ0n) is 11.7. The fraction of sp³-hybridized carbons (Fsp3) is 1.00. The molecule has 0 saturated carbocycles. The van der Waals surface area contributed by atoms with Crippen LogP contribution in [0.25, 0.3) is 0 Å². The molecule has 0 bridgehead atoms. The molecule has 4 heteroatoms. The Morgan fingerprint density at radius 1 is 1.18 bits per heavy atom. The Morgan fingerprint density at radius 2 is 1.88 bits per heavy atom. The molecular weight excluding hydrogens is 218 g/mol. The fourth-order valence-corrected chi connectivity index (χ4v) is 1.52. The highest BCUT2D eigenvalue weighted by Gasteiger charge is 2.06. The first-order valence-corrected chi connectivity index (χ1v) is 6.54. The van der Waals surface area contributed by atoms with Gasteiger partial charge in [0.1, 0.15) is 0 Å². The highest BCUT2D eigenvalue weighted by Crippen LogP contribution is 2.03. The summed E-state index contributed by atoms with van der Waals surface area (Å²) in [6.45, 7) is 8.79. The fourth-order valence-electron chi connectivity index (χ4n) is 1.52. The zero-order chi connectivity index (χ0) is 13.1. The number of nitrogens with one attached hydrogen (secondary N) is 1. The van der Waals surface area contributed by atoms with E-state index in [0.29, 0.717) is 19.8 Å². The van der Waals surface area contributed by atoms with Crippen molar-refractivity contribution in [3.63, 3.8) is 0 Å². The van der Waals surface area contributed by atoms with Crippen molar-refractivity contribution < 1.29 is 14.6 Å². The molecule has 0 aromatic heterocycles. The van der Waals surface area contributed by atoms with Crippen LogP contribution in [-0.4, -0.2) is 50.7 Å². The van der Waals surface area contributed by atoms with Gasteiger partial charge in [-0.15, -0.1) is 0 Å². The zero-order valence-corrected chi connectivity index (χ0v) is 11.7. The number of methoxy groups -OCH3 is 1. The van der Waals surface area contributed by atoms with E-state index in [-0.39, 0.29) is 6.04 Å². The van der Waals surface area contributed by atoms with Crippen molar-refractivity contribution in [3.8, 4) is 0 Å². The SMILES string of the molecule is COCC(C)NCC(O)COCCCC(C)C. The molecule has 0 aliphatic heterocycles. The Labute approximate surface area is 106 Å². The second-order valence-electron chi connectivity index (χ2n) is 5.03. The van der Waals surface area contributed by atoms with Crippen molar-refractivity contribution >= 4 is 0 Å². The Bertz CT molecular complexity index is 165. The monoisotopic (exact) mass is 247 g/mol. The molecule has 0 amide bonds. The van der Waals surface area contributed by atoms with E-state index in [4.69, 9.17) is 9.47 Å². The van der Waals surface area contributed by atoms with Crippen LogP contribution in [0, 0.1) is 5.92 Å². The highest BCUT2D eigenvalue weighted by molar-refractivity contribution is 4.64. The lowest BCUT2D eigenvalue weighted by Gasteiger charge is -2.16. The summed E-state index contributed by atoms with van der Waals surface area (Å²) in [5, 5.41) is 12.8. The van der Waals surface area contributed by atoms with E-state index < -0.39 is 6.10 Å². The van der Waals surface area contributed by atoms with Crippen LogP contribution in [0.5, 0.6) is 0 Å². The first-order chi connectivity index (χ1) is 8.06. The number of aliphatic hydroxyl groups is 1. The maximum absolute atomic E-state index is 9.65. The molecule has 0 radical (unpaired) electrons. The summed E-state index contributed by atoms with van der Waals surface area (Å²) in [6.07, 6.45) is 1.81.